The van der Waals surface area contributed by atoms with Gasteiger partial charge in [0.2, 0.25) is 11.8 Å². The Morgan fingerprint density at radius 1 is 1.05 bits per heavy atom. The number of methoxy groups -OCH3 is 1. The number of esters is 1. The first-order valence-corrected chi connectivity index (χ1v) is 12.4. The summed E-state index contributed by atoms with van der Waals surface area (Å²) < 4.78 is 8.15. The third-order valence-electron chi connectivity index (χ3n) is 6.66. The molecule has 0 aliphatic heterocycles. The van der Waals surface area contributed by atoms with Gasteiger partial charge in [-0.25, -0.2) is 9.48 Å². The van der Waals surface area contributed by atoms with Gasteiger partial charge in [-0.3, -0.25) is 14.5 Å². The van der Waals surface area contributed by atoms with Gasteiger partial charge >= 0.3 is 5.97 Å². The summed E-state index contributed by atoms with van der Waals surface area (Å²) in [6.45, 7) is 5.71. The van der Waals surface area contributed by atoms with Gasteiger partial charge in [-0.05, 0) is 68.8 Å². The Bertz CT molecular complexity index is 1450. The molecule has 0 fully saturated rings. The largest absolute Gasteiger partial charge is 0.465 e. The molecule has 0 saturated heterocycles. The monoisotopic (exact) mass is 516 g/mol. The molecule has 4 aromatic rings. The lowest BCUT2D eigenvalue weighted by molar-refractivity contribution is -0.128. The maximum atomic E-state index is 14.1. The van der Waals surface area contributed by atoms with Crippen molar-refractivity contribution in [3.8, 4) is 0 Å². The summed E-state index contributed by atoms with van der Waals surface area (Å²) >= 11 is 0. The number of aryl methyl sites for hydroxylation is 1. The first kappa shape index (κ1) is 26.6. The van der Waals surface area contributed by atoms with Crippen LogP contribution < -0.4 is 10.2 Å². The fraction of sp³-hybridized carbons (Fsp3) is 0.321. The average molecular weight is 517 g/mol. The number of amides is 2. The average Bonchev–Trinajstić information content (AvgIpc) is 3.52. The summed E-state index contributed by atoms with van der Waals surface area (Å²) in [6, 6.07) is 16.4. The van der Waals surface area contributed by atoms with Crippen molar-refractivity contribution in [1.82, 2.24) is 24.9 Å². The number of rotatable bonds is 9. The quantitative estimate of drug-likeness (QED) is 0.340. The molecule has 1 N–H and O–H groups in total. The number of carbonyl (C=O) groups is 3. The smallest absolute Gasteiger partial charge is 0.337 e. The van der Waals surface area contributed by atoms with E-state index in [2.05, 4.69) is 15.6 Å². The second-order valence-corrected chi connectivity index (χ2v) is 9.71. The summed E-state index contributed by atoms with van der Waals surface area (Å²) in [5, 5.41) is 11.4. The van der Waals surface area contributed by atoms with Gasteiger partial charge in [0.25, 0.3) is 0 Å². The molecule has 10 heteroatoms. The molecule has 0 bridgehead atoms. The van der Waals surface area contributed by atoms with E-state index in [1.54, 1.807) is 24.3 Å². The number of para-hydroxylation sites is 1. The number of carbonyl (C=O) groups excluding carboxylic acids is 3. The lowest BCUT2D eigenvalue weighted by atomic mass is 10.00. The van der Waals surface area contributed by atoms with Crippen molar-refractivity contribution >= 4 is 34.5 Å². The number of hydrogen-bond donors (Lipinski definition) is 1. The van der Waals surface area contributed by atoms with Crippen molar-refractivity contribution in [3.63, 3.8) is 0 Å². The van der Waals surface area contributed by atoms with E-state index in [0.717, 1.165) is 0 Å². The Labute approximate surface area is 221 Å². The second kappa shape index (κ2) is 10.9. The van der Waals surface area contributed by atoms with Crippen molar-refractivity contribution < 1.29 is 19.1 Å². The fourth-order valence-corrected chi connectivity index (χ4v) is 4.18. The van der Waals surface area contributed by atoms with Crippen LogP contribution in [0.25, 0.3) is 11.0 Å². The van der Waals surface area contributed by atoms with E-state index in [1.165, 1.54) is 16.7 Å². The van der Waals surface area contributed by atoms with Crippen LogP contribution in [0.1, 0.15) is 49.3 Å². The Hall–Kier alpha value is -4.47. The third kappa shape index (κ3) is 5.44. The predicted octanol–water partition coefficient (Wildman–Crippen LogP) is 3.64. The second-order valence-electron chi connectivity index (χ2n) is 9.71. The van der Waals surface area contributed by atoms with Crippen LogP contribution in [0.3, 0.4) is 0 Å². The third-order valence-corrected chi connectivity index (χ3v) is 6.66. The molecule has 0 radical (unpaired) electrons. The molecule has 0 aliphatic rings. The van der Waals surface area contributed by atoms with Crippen molar-refractivity contribution in [3.05, 3.63) is 78.1 Å². The Morgan fingerprint density at radius 2 is 1.76 bits per heavy atom. The minimum atomic E-state index is -0.993. The van der Waals surface area contributed by atoms with Crippen LogP contribution in [0.5, 0.6) is 0 Å². The predicted molar refractivity (Wildman–Crippen MR) is 143 cm³/mol. The maximum absolute atomic E-state index is 14.1. The first-order valence-electron chi connectivity index (χ1n) is 12.4. The molecule has 2 aromatic carbocycles. The van der Waals surface area contributed by atoms with Gasteiger partial charge in [0.1, 0.15) is 12.1 Å². The zero-order chi connectivity index (χ0) is 27.4. The Kier molecular flexibility index (Phi) is 7.61. The molecule has 0 saturated carbocycles. The van der Waals surface area contributed by atoms with Gasteiger partial charge in [-0.2, -0.15) is 0 Å². The highest BCUT2D eigenvalue weighted by molar-refractivity contribution is 6.02. The number of fused-ring (bicyclic) bond motifs is 1. The van der Waals surface area contributed by atoms with Crippen molar-refractivity contribution in [1.29, 1.82) is 0 Å². The van der Waals surface area contributed by atoms with Gasteiger partial charge in [-0.15, -0.1) is 5.10 Å². The molecule has 10 nitrogen and oxygen atoms in total. The van der Waals surface area contributed by atoms with Gasteiger partial charge < -0.3 is 14.6 Å². The SMILES string of the molecule is CCC(C)(C)NC(=O)C(c1cccn1C)N(C(=O)Cn1nnc2ccccc21)c1ccc(C(=O)OC)cc1. The lowest BCUT2D eigenvalue weighted by Gasteiger charge is -2.34. The number of ether oxygens (including phenoxy) is 1. The summed E-state index contributed by atoms with van der Waals surface area (Å²) in [5.74, 6) is -1.19. The first-order chi connectivity index (χ1) is 18.1. The highest BCUT2D eigenvalue weighted by atomic mass is 16.5. The minimum absolute atomic E-state index is 0.148. The minimum Gasteiger partial charge on any atom is -0.465 e. The molecule has 38 heavy (non-hydrogen) atoms. The molecule has 1 unspecified atom stereocenters. The number of nitrogens with one attached hydrogen (secondary N) is 1. The van der Waals surface area contributed by atoms with Gasteiger partial charge in [-0.1, -0.05) is 24.3 Å². The summed E-state index contributed by atoms with van der Waals surface area (Å²) in [6.07, 6.45) is 2.53. The number of anilines is 1. The van der Waals surface area contributed by atoms with Crippen molar-refractivity contribution in [2.45, 2.75) is 45.3 Å². The molecule has 2 heterocycles. The molecule has 0 aliphatic carbocycles. The molecular formula is C28H32N6O4. The van der Waals surface area contributed by atoms with Crippen LogP contribution in [0.2, 0.25) is 0 Å². The van der Waals surface area contributed by atoms with E-state index in [0.29, 0.717) is 34.4 Å². The van der Waals surface area contributed by atoms with Gasteiger partial charge in [0, 0.05) is 24.5 Å². The summed E-state index contributed by atoms with van der Waals surface area (Å²) in [5.41, 5.74) is 2.28. The molecule has 2 aromatic heterocycles. The van der Waals surface area contributed by atoms with E-state index in [1.807, 2.05) is 75.0 Å². The van der Waals surface area contributed by atoms with E-state index in [9.17, 15) is 14.4 Å². The highest BCUT2D eigenvalue weighted by Gasteiger charge is 2.36. The van der Waals surface area contributed by atoms with Crippen LogP contribution in [0, 0.1) is 0 Å². The topological polar surface area (TPSA) is 111 Å². The van der Waals surface area contributed by atoms with E-state index in [4.69, 9.17) is 4.74 Å². The zero-order valence-corrected chi connectivity index (χ0v) is 22.2. The molecule has 1 atom stereocenters. The molecule has 4 rings (SSSR count). The van der Waals surface area contributed by atoms with Crippen molar-refractivity contribution in [2.24, 2.45) is 7.05 Å². The number of aromatic nitrogens is 4. The molecule has 2 amide bonds. The number of hydrogen-bond acceptors (Lipinski definition) is 6. The van der Waals surface area contributed by atoms with Gasteiger partial charge in [0.15, 0.2) is 6.04 Å². The normalized spacial score (nSPS) is 12.2. The number of nitrogens with zero attached hydrogens (tertiary/aromatic N) is 5. The van der Waals surface area contributed by atoms with Crippen LogP contribution >= 0.6 is 0 Å². The van der Waals surface area contributed by atoms with E-state index >= 15 is 0 Å². The summed E-state index contributed by atoms with van der Waals surface area (Å²) in [7, 11) is 3.13. The Balaban J connectivity index is 1.82. The fourth-order valence-electron chi connectivity index (χ4n) is 4.18. The van der Waals surface area contributed by atoms with E-state index < -0.39 is 17.6 Å². The van der Waals surface area contributed by atoms with Crippen LogP contribution in [0.15, 0.2) is 66.9 Å². The standard InChI is InChI=1S/C28H32N6O4/c1-6-28(2,3)29-26(36)25(23-12-9-17-32(23)4)34(20-15-13-19(14-16-20)27(37)38-5)24(35)18-33-22-11-8-7-10-21(22)30-31-33/h7-17,25H,6,18H2,1-5H3,(H,29,36). The molecule has 198 valence electrons. The summed E-state index contributed by atoms with van der Waals surface area (Å²) in [4.78, 5) is 41.5. The van der Waals surface area contributed by atoms with Crippen LogP contribution in [-0.4, -0.2) is 50.0 Å². The number of benzene rings is 2. The van der Waals surface area contributed by atoms with E-state index in [-0.39, 0.29) is 18.4 Å². The highest BCUT2D eigenvalue weighted by Crippen LogP contribution is 2.30. The molecule has 0 spiro atoms. The Morgan fingerprint density at radius 3 is 2.39 bits per heavy atom. The van der Waals surface area contributed by atoms with Crippen molar-refractivity contribution in [2.75, 3.05) is 12.0 Å². The van der Waals surface area contributed by atoms with Crippen LogP contribution in [0.4, 0.5) is 5.69 Å². The van der Waals surface area contributed by atoms with Crippen LogP contribution in [-0.2, 0) is 27.9 Å². The maximum Gasteiger partial charge on any atom is 0.337 e. The zero-order valence-electron chi connectivity index (χ0n) is 22.2. The lowest BCUT2D eigenvalue weighted by Crippen LogP contribution is -2.51. The van der Waals surface area contributed by atoms with Gasteiger partial charge in [0.05, 0.1) is 23.9 Å². The molecular weight excluding hydrogens is 484 g/mol.